The van der Waals surface area contributed by atoms with Gasteiger partial charge in [0.1, 0.15) is 35.2 Å². The molecule has 0 saturated carbocycles. The van der Waals surface area contributed by atoms with Gasteiger partial charge in [-0.1, -0.05) is 12.1 Å². The van der Waals surface area contributed by atoms with Gasteiger partial charge in [-0.2, -0.15) is 0 Å². The highest BCUT2D eigenvalue weighted by Crippen LogP contribution is 2.39. The first kappa shape index (κ1) is 36.6. The van der Waals surface area contributed by atoms with Gasteiger partial charge in [0.05, 0.1) is 27.4 Å². The van der Waals surface area contributed by atoms with Crippen LogP contribution in [0.3, 0.4) is 0 Å². The number of nitrogens with zero attached hydrogens (tertiary/aromatic N) is 1. The monoisotopic (exact) mass is 655 g/mol. The maximum atomic E-state index is 13.9. The van der Waals surface area contributed by atoms with E-state index in [0.717, 1.165) is 0 Å². The van der Waals surface area contributed by atoms with E-state index in [1.807, 2.05) is 0 Å². The number of hydrogen-bond acceptors (Lipinski definition) is 10. The molecule has 47 heavy (non-hydrogen) atoms. The van der Waals surface area contributed by atoms with Crippen LogP contribution in [-0.2, 0) is 35.1 Å². The first-order chi connectivity index (χ1) is 22.1. The molecule has 1 aliphatic rings. The van der Waals surface area contributed by atoms with Crippen molar-refractivity contribution >= 4 is 29.8 Å². The maximum Gasteiger partial charge on any atom is 0.407 e. The summed E-state index contributed by atoms with van der Waals surface area (Å²) in [5.74, 6) is -1.62. The lowest BCUT2D eigenvalue weighted by Gasteiger charge is -2.31. The quantitative estimate of drug-likeness (QED) is 0.306. The number of benzene rings is 2. The van der Waals surface area contributed by atoms with E-state index in [0.29, 0.717) is 33.8 Å². The SMILES string of the molecule is COC(=O)[C@@H]1Cc2ccc(OC)c(c2)-c2cc(ccc2OC)[C@H](N(C)C(=O)[C@@H](N)CCNC(=O)OC(C)(C)C)C(=O)N[C@@H](C)C(=O)N1. The molecule has 0 unspecified atom stereocenters. The van der Waals surface area contributed by atoms with Gasteiger partial charge in [-0.25, -0.2) is 9.59 Å². The molecule has 0 aliphatic carbocycles. The molecule has 2 aromatic carbocycles. The third kappa shape index (κ3) is 9.35. The highest BCUT2D eigenvalue weighted by Gasteiger charge is 2.35. The number of alkyl carbamates (subject to hydrolysis) is 1. The number of nitrogens with two attached hydrogens (primary N) is 1. The van der Waals surface area contributed by atoms with Crippen LogP contribution in [0.4, 0.5) is 4.79 Å². The Bertz CT molecular complexity index is 1490. The Kier molecular flexibility index (Phi) is 12.2. The molecule has 1 aliphatic heterocycles. The highest BCUT2D eigenvalue weighted by molar-refractivity contribution is 5.95. The Morgan fingerprint density at radius 3 is 2.19 bits per heavy atom. The number of amides is 4. The van der Waals surface area contributed by atoms with Crippen molar-refractivity contribution in [3.8, 4) is 22.6 Å². The Morgan fingerprint density at radius 1 is 0.979 bits per heavy atom. The molecule has 0 fully saturated rings. The lowest BCUT2D eigenvalue weighted by molar-refractivity contribution is -0.145. The molecule has 0 saturated heterocycles. The van der Waals surface area contributed by atoms with E-state index in [1.165, 1.54) is 40.2 Å². The second-order valence-electron chi connectivity index (χ2n) is 12.2. The van der Waals surface area contributed by atoms with Gasteiger partial charge in [0.2, 0.25) is 17.7 Å². The number of esters is 1. The number of nitrogens with one attached hydrogen (secondary N) is 3. The summed E-state index contributed by atoms with van der Waals surface area (Å²) in [7, 11) is 5.66. The number of likely N-dealkylation sites (N-methyl/N-ethyl adjacent to an activating group) is 1. The molecule has 256 valence electrons. The van der Waals surface area contributed by atoms with Gasteiger partial charge in [-0.3, -0.25) is 14.4 Å². The van der Waals surface area contributed by atoms with Crippen molar-refractivity contribution in [2.24, 2.45) is 5.73 Å². The second kappa shape index (κ2) is 15.6. The zero-order valence-electron chi connectivity index (χ0n) is 28.1. The van der Waals surface area contributed by atoms with Crippen molar-refractivity contribution in [2.45, 2.75) is 70.3 Å². The minimum atomic E-state index is -1.25. The standard InChI is InChI=1S/C33H45N5O9/c1-18-28(39)37-24(31(42)46-8)16-19-9-11-25(44-6)21(15-19)22-17-20(10-12-26(22)45-7)27(29(40)36-18)38(5)30(41)23(34)13-14-35-32(43)47-33(2,3)4/h9-12,15,17-18,23-24,27H,13-14,16,34H2,1-8H3,(H,35,43)(H,36,40)(H,37,39)/t18-,23-,24-,27-/m0/s1. The van der Waals surface area contributed by atoms with Gasteiger partial charge in [0.25, 0.3) is 0 Å². The molecule has 0 radical (unpaired) electrons. The van der Waals surface area contributed by atoms with Crippen LogP contribution in [0.25, 0.3) is 11.1 Å². The van der Waals surface area contributed by atoms with E-state index in [1.54, 1.807) is 57.2 Å². The largest absolute Gasteiger partial charge is 0.496 e. The van der Waals surface area contributed by atoms with Crippen LogP contribution in [0.1, 0.15) is 51.3 Å². The van der Waals surface area contributed by atoms with Crippen molar-refractivity contribution in [3.05, 3.63) is 47.5 Å². The number of ether oxygens (including phenoxy) is 4. The van der Waals surface area contributed by atoms with Crippen LogP contribution in [0, 0.1) is 0 Å². The molecule has 0 spiro atoms. The lowest BCUT2D eigenvalue weighted by atomic mass is 9.93. The second-order valence-corrected chi connectivity index (χ2v) is 12.2. The van der Waals surface area contributed by atoms with E-state index in [4.69, 9.17) is 24.7 Å². The number of rotatable bonds is 8. The van der Waals surface area contributed by atoms with Crippen molar-refractivity contribution in [2.75, 3.05) is 34.9 Å². The van der Waals surface area contributed by atoms with Gasteiger partial charge in [0, 0.05) is 31.1 Å². The molecular weight excluding hydrogens is 610 g/mol. The predicted molar refractivity (Wildman–Crippen MR) is 173 cm³/mol. The Balaban J connectivity index is 2.07. The minimum Gasteiger partial charge on any atom is -0.496 e. The van der Waals surface area contributed by atoms with Crippen LogP contribution < -0.4 is 31.2 Å². The zero-order chi connectivity index (χ0) is 35.1. The third-order valence-electron chi connectivity index (χ3n) is 7.51. The lowest BCUT2D eigenvalue weighted by Crippen LogP contribution is -2.54. The molecule has 5 N–H and O–H groups in total. The van der Waals surface area contributed by atoms with Gasteiger partial charge in [-0.15, -0.1) is 0 Å². The summed E-state index contributed by atoms with van der Waals surface area (Å²) in [5, 5.41) is 7.90. The number of methoxy groups -OCH3 is 3. The molecule has 1 heterocycles. The molecule has 4 amide bonds. The topological polar surface area (TPSA) is 188 Å². The summed E-state index contributed by atoms with van der Waals surface area (Å²) in [4.78, 5) is 66.7. The Hall–Kier alpha value is -4.85. The van der Waals surface area contributed by atoms with Crippen molar-refractivity contribution < 1.29 is 42.9 Å². The molecule has 3 rings (SSSR count). The number of fused-ring (bicyclic) bond motifs is 5. The van der Waals surface area contributed by atoms with Gasteiger partial charge in [0.15, 0.2) is 0 Å². The maximum absolute atomic E-state index is 13.9. The van der Waals surface area contributed by atoms with E-state index >= 15 is 0 Å². The molecule has 0 aromatic heterocycles. The number of hydrogen-bond donors (Lipinski definition) is 4. The molecule has 2 aromatic rings. The molecule has 4 bridgehead atoms. The average Bonchev–Trinajstić information content (AvgIpc) is 3.02. The number of carbonyl (C=O) groups is 5. The average molecular weight is 656 g/mol. The van der Waals surface area contributed by atoms with Crippen LogP contribution in [0.5, 0.6) is 11.5 Å². The molecule has 14 nitrogen and oxygen atoms in total. The zero-order valence-corrected chi connectivity index (χ0v) is 28.1. The minimum absolute atomic E-state index is 0.0495. The van der Waals surface area contributed by atoms with Gasteiger partial charge >= 0.3 is 12.1 Å². The van der Waals surface area contributed by atoms with E-state index in [9.17, 15) is 24.0 Å². The third-order valence-corrected chi connectivity index (χ3v) is 7.51. The molecular formula is C33H45N5O9. The van der Waals surface area contributed by atoms with Crippen molar-refractivity contribution in [1.29, 1.82) is 0 Å². The first-order valence-electron chi connectivity index (χ1n) is 15.1. The van der Waals surface area contributed by atoms with Crippen LogP contribution in [-0.4, -0.2) is 93.3 Å². The highest BCUT2D eigenvalue weighted by atomic mass is 16.6. The van der Waals surface area contributed by atoms with E-state index in [2.05, 4.69) is 16.0 Å². The summed E-state index contributed by atoms with van der Waals surface area (Å²) in [5.41, 5.74) is 7.77. The van der Waals surface area contributed by atoms with E-state index < -0.39 is 59.6 Å². The molecule has 14 heteroatoms. The summed E-state index contributed by atoms with van der Waals surface area (Å²) in [6.45, 7) is 6.70. The van der Waals surface area contributed by atoms with E-state index in [-0.39, 0.29) is 19.4 Å². The van der Waals surface area contributed by atoms with Gasteiger partial charge < -0.3 is 45.5 Å². The normalized spacial score (nSPS) is 18.8. The fraction of sp³-hybridized carbons (Fsp3) is 0.485. The summed E-state index contributed by atoms with van der Waals surface area (Å²) in [6, 6.07) is 5.82. The smallest absolute Gasteiger partial charge is 0.407 e. The fourth-order valence-electron chi connectivity index (χ4n) is 5.13. The summed E-state index contributed by atoms with van der Waals surface area (Å²) in [6.07, 6.45) is -0.496. The summed E-state index contributed by atoms with van der Waals surface area (Å²) < 4.78 is 21.5. The van der Waals surface area contributed by atoms with Crippen molar-refractivity contribution in [3.63, 3.8) is 0 Å². The predicted octanol–water partition coefficient (Wildman–Crippen LogP) is 1.83. The van der Waals surface area contributed by atoms with Gasteiger partial charge in [-0.05, 0) is 69.5 Å². The first-order valence-corrected chi connectivity index (χ1v) is 15.1. The van der Waals surface area contributed by atoms with Crippen LogP contribution >= 0.6 is 0 Å². The van der Waals surface area contributed by atoms with Crippen molar-refractivity contribution in [1.82, 2.24) is 20.9 Å². The van der Waals surface area contributed by atoms with Crippen LogP contribution in [0.15, 0.2) is 36.4 Å². The van der Waals surface area contributed by atoms with Crippen LogP contribution in [0.2, 0.25) is 0 Å². The summed E-state index contributed by atoms with van der Waals surface area (Å²) >= 11 is 0. The number of carbonyl (C=O) groups excluding carboxylic acids is 5. The fourth-order valence-corrected chi connectivity index (χ4v) is 5.13. The molecule has 4 atom stereocenters. The Morgan fingerprint density at radius 2 is 1.60 bits per heavy atom. The Labute approximate surface area is 274 Å².